The monoisotopic (exact) mass is 299 g/mol. The predicted molar refractivity (Wildman–Crippen MR) is 86.4 cm³/mol. The highest BCUT2D eigenvalue weighted by Crippen LogP contribution is 2.26. The van der Waals surface area contributed by atoms with Gasteiger partial charge in [-0.05, 0) is 54.3 Å². The van der Waals surface area contributed by atoms with Crippen molar-refractivity contribution in [3.63, 3.8) is 0 Å². The lowest BCUT2D eigenvalue weighted by Crippen LogP contribution is -2.52. The molecule has 1 aliphatic heterocycles. The molecule has 1 fully saturated rings. The van der Waals surface area contributed by atoms with Crippen LogP contribution in [0.4, 0.5) is 0 Å². The zero-order valence-corrected chi connectivity index (χ0v) is 14.8. The maximum atomic E-state index is 12.2. The first kappa shape index (κ1) is 18.4. The van der Waals surface area contributed by atoms with E-state index in [1.165, 1.54) is 0 Å². The molecule has 5 nitrogen and oxygen atoms in total. The van der Waals surface area contributed by atoms with Gasteiger partial charge in [0.15, 0.2) is 0 Å². The number of hydrogen-bond donors (Lipinski definition) is 1. The number of rotatable bonds is 7. The van der Waals surface area contributed by atoms with Gasteiger partial charge in [0.2, 0.25) is 0 Å². The van der Waals surface area contributed by atoms with Crippen molar-refractivity contribution in [3.8, 4) is 0 Å². The Balaban J connectivity index is 2.67. The first-order valence-electron chi connectivity index (χ1n) is 8.01. The molecule has 0 aromatic heterocycles. The lowest BCUT2D eigenvalue weighted by atomic mass is 9.93. The molecule has 1 heterocycles. The van der Waals surface area contributed by atoms with Gasteiger partial charge in [-0.1, -0.05) is 6.92 Å². The van der Waals surface area contributed by atoms with E-state index >= 15 is 0 Å². The van der Waals surface area contributed by atoms with Gasteiger partial charge >= 0.3 is 5.97 Å². The Morgan fingerprint density at radius 3 is 2.52 bits per heavy atom. The number of nitrogens with one attached hydrogen (secondary N) is 1. The summed E-state index contributed by atoms with van der Waals surface area (Å²) in [6, 6.07) is 0.940. The molecule has 0 aromatic rings. The summed E-state index contributed by atoms with van der Waals surface area (Å²) in [5.74, 6) is 0.502. The second kappa shape index (κ2) is 7.56. The molecular formula is C16H33N3O2. The van der Waals surface area contributed by atoms with Crippen molar-refractivity contribution in [1.82, 2.24) is 15.1 Å². The van der Waals surface area contributed by atoms with Crippen LogP contribution in [0.3, 0.4) is 0 Å². The Morgan fingerprint density at radius 1 is 1.48 bits per heavy atom. The molecule has 0 aromatic carbocycles. The lowest BCUT2D eigenvalue weighted by Gasteiger charge is -2.34. The molecule has 1 saturated heterocycles. The fraction of sp³-hybridized carbons (Fsp3) is 0.938. The highest BCUT2D eigenvalue weighted by Gasteiger charge is 2.39. The zero-order valence-electron chi connectivity index (χ0n) is 14.8. The third kappa shape index (κ3) is 4.41. The van der Waals surface area contributed by atoms with Gasteiger partial charge in [-0.15, -0.1) is 0 Å². The number of carbonyl (C=O) groups is 1. The van der Waals surface area contributed by atoms with Gasteiger partial charge in [0.25, 0.3) is 0 Å². The van der Waals surface area contributed by atoms with Crippen LogP contribution >= 0.6 is 0 Å². The molecule has 21 heavy (non-hydrogen) atoms. The summed E-state index contributed by atoms with van der Waals surface area (Å²) in [5, 5.41) is 3.15. The summed E-state index contributed by atoms with van der Waals surface area (Å²) in [6.07, 6.45) is 0.759. The molecule has 0 saturated carbocycles. The van der Waals surface area contributed by atoms with Gasteiger partial charge in [0, 0.05) is 25.2 Å². The normalized spacial score (nSPS) is 27.6. The third-order valence-corrected chi connectivity index (χ3v) is 4.87. The van der Waals surface area contributed by atoms with E-state index in [9.17, 15) is 4.79 Å². The van der Waals surface area contributed by atoms with Crippen LogP contribution in [0.25, 0.3) is 0 Å². The minimum absolute atomic E-state index is 0.157. The van der Waals surface area contributed by atoms with Gasteiger partial charge < -0.3 is 15.0 Å². The number of esters is 1. The Bertz CT molecular complexity index is 348. The summed E-state index contributed by atoms with van der Waals surface area (Å²) < 4.78 is 5.21. The van der Waals surface area contributed by atoms with Crippen LogP contribution in [0.5, 0.6) is 0 Å². The zero-order chi connectivity index (χ0) is 16.2. The summed E-state index contributed by atoms with van der Waals surface area (Å²) in [7, 11) is 6.12. The van der Waals surface area contributed by atoms with Crippen LogP contribution < -0.4 is 5.32 Å². The molecular weight excluding hydrogens is 266 g/mol. The van der Waals surface area contributed by atoms with Gasteiger partial charge in [-0.3, -0.25) is 9.69 Å². The van der Waals surface area contributed by atoms with E-state index in [0.29, 0.717) is 24.6 Å². The standard InChI is InChI=1S/C16H33N3O2/c1-8-21-15(20)16(4,17-5)9-13(3)19-10-12(2)14(11-19)18(6)7/h12-14,17H,8-11H2,1-7H3. The number of nitrogens with zero attached hydrogens (tertiary/aromatic N) is 2. The number of ether oxygens (including phenoxy) is 1. The largest absolute Gasteiger partial charge is 0.465 e. The molecule has 4 atom stereocenters. The van der Waals surface area contributed by atoms with Crippen LogP contribution in [-0.4, -0.2) is 74.2 Å². The highest BCUT2D eigenvalue weighted by molar-refractivity contribution is 5.80. The Morgan fingerprint density at radius 2 is 2.10 bits per heavy atom. The van der Waals surface area contributed by atoms with Crippen molar-refractivity contribution in [1.29, 1.82) is 0 Å². The first-order valence-corrected chi connectivity index (χ1v) is 8.01. The van der Waals surface area contributed by atoms with Crippen molar-refractivity contribution < 1.29 is 9.53 Å². The molecule has 0 spiro atoms. The fourth-order valence-electron chi connectivity index (χ4n) is 3.32. The molecule has 4 unspecified atom stereocenters. The fourth-order valence-corrected chi connectivity index (χ4v) is 3.32. The van der Waals surface area contributed by atoms with Crippen LogP contribution in [0, 0.1) is 5.92 Å². The molecule has 0 radical (unpaired) electrons. The van der Waals surface area contributed by atoms with Gasteiger partial charge in [-0.25, -0.2) is 0 Å². The third-order valence-electron chi connectivity index (χ3n) is 4.87. The molecule has 1 aliphatic rings. The SMILES string of the molecule is CCOC(=O)C(C)(CC(C)N1CC(C)C(N(C)C)C1)NC. The molecule has 1 rings (SSSR count). The van der Waals surface area contributed by atoms with Crippen LogP contribution in [0.1, 0.15) is 34.1 Å². The predicted octanol–water partition coefficient (Wildman–Crippen LogP) is 1.19. The second-order valence-corrected chi connectivity index (χ2v) is 6.82. The van der Waals surface area contributed by atoms with Crippen molar-refractivity contribution in [2.24, 2.45) is 5.92 Å². The molecule has 5 heteroatoms. The minimum atomic E-state index is -0.616. The Labute approximate surface area is 130 Å². The molecule has 0 aliphatic carbocycles. The van der Waals surface area contributed by atoms with E-state index in [4.69, 9.17) is 4.74 Å². The van der Waals surface area contributed by atoms with Crippen molar-refractivity contribution in [2.75, 3.05) is 40.8 Å². The average Bonchev–Trinajstić information content (AvgIpc) is 2.81. The van der Waals surface area contributed by atoms with Gasteiger partial charge in [0.1, 0.15) is 5.54 Å². The highest BCUT2D eigenvalue weighted by atomic mass is 16.5. The maximum absolute atomic E-state index is 12.2. The summed E-state index contributed by atoms with van der Waals surface area (Å²) in [5.41, 5.74) is -0.616. The Hall–Kier alpha value is -0.650. The van der Waals surface area contributed by atoms with E-state index < -0.39 is 5.54 Å². The van der Waals surface area contributed by atoms with E-state index in [1.807, 2.05) is 20.9 Å². The maximum Gasteiger partial charge on any atom is 0.326 e. The van der Waals surface area contributed by atoms with Crippen molar-refractivity contribution in [3.05, 3.63) is 0 Å². The van der Waals surface area contributed by atoms with Crippen LogP contribution in [-0.2, 0) is 9.53 Å². The summed E-state index contributed by atoms with van der Waals surface area (Å²) in [4.78, 5) is 17.0. The summed E-state index contributed by atoms with van der Waals surface area (Å²) >= 11 is 0. The van der Waals surface area contributed by atoms with Gasteiger partial charge in [-0.2, -0.15) is 0 Å². The quantitative estimate of drug-likeness (QED) is 0.716. The van der Waals surface area contributed by atoms with Crippen LogP contribution in [0.2, 0.25) is 0 Å². The number of hydrogen-bond acceptors (Lipinski definition) is 5. The topological polar surface area (TPSA) is 44.8 Å². The van der Waals surface area contributed by atoms with E-state index in [1.54, 1.807) is 0 Å². The van der Waals surface area contributed by atoms with E-state index in [0.717, 1.165) is 19.5 Å². The molecule has 124 valence electrons. The van der Waals surface area contributed by atoms with Crippen molar-refractivity contribution in [2.45, 2.75) is 51.7 Å². The molecule has 0 amide bonds. The number of carbonyl (C=O) groups excluding carboxylic acids is 1. The summed E-state index contributed by atoms with van der Waals surface area (Å²) in [6.45, 7) is 10.9. The number of likely N-dealkylation sites (tertiary alicyclic amines) is 1. The number of likely N-dealkylation sites (N-methyl/N-ethyl adjacent to an activating group) is 2. The van der Waals surface area contributed by atoms with Gasteiger partial charge in [0.05, 0.1) is 6.61 Å². The first-order chi connectivity index (χ1) is 9.75. The Kier molecular flexibility index (Phi) is 6.63. The minimum Gasteiger partial charge on any atom is -0.465 e. The smallest absolute Gasteiger partial charge is 0.326 e. The van der Waals surface area contributed by atoms with Crippen molar-refractivity contribution >= 4 is 5.97 Å². The lowest BCUT2D eigenvalue weighted by molar-refractivity contribution is -0.151. The van der Waals surface area contributed by atoms with E-state index in [2.05, 4.69) is 43.1 Å². The molecule has 1 N–H and O–H groups in total. The average molecular weight is 299 g/mol. The van der Waals surface area contributed by atoms with Crippen LogP contribution in [0.15, 0.2) is 0 Å². The molecule has 0 bridgehead atoms. The second-order valence-electron chi connectivity index (χ2n) is 6.82. The van der Waals surface area contributed by atoms with E-state index in [-0.39, 0.29) is 5.97 Å².